The van der Waals surface area contributed by atoms with Gasteiger partial charge in [0.2, 0.25) is 0 Å². The van der Waals surface area contributed by atoms with Crippen LogP contribution in [0.5, 0.6) is 5.75 Å². The molecular weight excluding hydrogens is 637 g/mol. The number of ether oxygens (including phenoxy) is 1. The molecule has 1 aliphatic heterocycles. The van der Waals surface area contributed by atoms with E-state index in [1.165, 1.54) is 66.0 Å². The molecule has 0 amide bonds. The zero-order valence-electron chi connectivity index (χ0n) is 28.0. The summed E-state index contributed by atoms with van der Waals surface area (Å²) < 4.78 is 17.8. The summed E-state index contributed by atoms with van der Waals surface area (Å²) in [5.74, 6) is 0.972. The number of benzene rings is 7. The summed E-state index contributed by atoms with van der Waals surface area (Å²) >= 11 is 0. The van der Waals surface area contributed by atoms with Crippen LogP contribution in [0.1, 0.15) is 11.5 Å². The van der Waals surface area contributed by atoms with Gasteiger partial charge < -0.3 is 18.3 Å². The van der Waals surface area contributed by atoms with Gasteiger partial charge in [0.15, 0.2) is 0 Å². The zero-order chi connectivity index (χ0) is 33.9. The fourth-order valence-corrected chi connectivity index (χ4v) is 8.99. The molecule has 7 aromatic carbocycles. The highest BCUT2D eigenvalue weighted by molar-refractivity contribution is 6.12. The second-order valence-corrected chi connectivity index (χ2v) is 14.0. The van der Waals surface area contributed by atoms with Gasteiger partial charge in [-0.25, -0.2) is 0 Å². The molecule has 2 unspecified atom stereocenters. The predicted octanol–water partition coefficient (Wildman–Crippen LogP) is 10.4. The van der Waals surface area contributed by atoms with Crippen molar-refractivity contribution in [1.82, 2.24) is 9.13 Å². The number of furan rings is 1. The average molecular weight is 667 g/mol. The van der Waals surface area contributed by atoms with Crippen LogP contribution in [0.2, 0.25) is 0 Å². The molecule has 1 aliphatic carbocycles. The molecule has 0 radical (unpaired) electrons. The third kappa shape index (κ3) is 3.81. The van der Waals surface area contributed by atoms with E-state index in [2.05, 4.69) is 167 Å². The van der Waals surface area contributed by atoms with E-state index >= 15 is 0 Å². The Hall–Kier alpha value is -6.78. The second kappa shape index (κ2) is 10.4. The van der Waals surface area contributed by atoms with E-state index in [4.69, 9.17) is 9.15 Å². The van der Waals surface area contributed by atoms with Gasteiger partial charge in [0, 0.05) is 43.4 Å². The molecule has 244 valence electrons. The van der Waals surface area contributed by atoms with Crippen molar-refractivity contribution in [3.8, 4) is 28.3 Å². The Bertz CT molecular complexity index is 3230. The number of nitrogens with zero attached hydrogens (tertiary/aromatic N) is 2. The Morgan fingerprint density at radius 1 is 0.462 bits per heavy atom. The molecule has 0 saturated heterocycles. The second-order valence-electron chi connectivity index (χ2n) is 14.0. The number of hydrogen-bond acceptors (Lipinski definition) is 2. The summed E-state index contributed by atoms with van der Waals surface area (Å²) in [6.45, 7) is 0. The molecule has 2 aliphatic rings. The number of para-hydroxylation sites is 4. The lowest BCUT2D eigenvalue weighted by atomic mass is 9.90. The van der Waals surface area contributed by atoms with Crippen LogP contribution in [0.15, 0.2) is 162 Å². The maximum Gasteiger partial charge on any atom is 0.135 e. The molecule has 2 atom stereocenters. The van der Waals surface area contributed by atoms with Gasteiger partial charge in [0.25, 0.3) is 0 Å². The third-order valence-electron chi connectivity index (χ3n) is 11.3. The molecule has 3 aromatic heterocycles. The summed E-state index contributed by atoms with van der Waals surface area (Å²) in [6.07, 6.45) is 4.43. The minimum absolute atomic E-state index is 0.0412. The smallest absolute Gasteiger partial charge is 0.135 e. The molecule has 4 heteroatoms. The number of fused-ring (bicyclic) bond motifs is 12. The van der Waals surface area contributed by atoms with Crippen LogP contribution in [0, 0.1) is 0 Å². The summed E-state index contributed by atoms with van der Waals surface area (Å²) in [5, 5.41) is 7.22. The van der Waals surface area contributed by atoms with Crippen molar-refractivity contribution in [2.75, 3.05) is 0 Å². The molecule has 0 bridgehead atoms. The van der Waals surface area contributed by atoms with Gasteiger partial charge >= 0.3 is 0 Å². The first-order chi connectivity index (χ1) is 25.8. The SMILES string of the molecule is C1=c2oc3ccccc3c2=CC2Oc3cccc(-n4c5ccccc5c5cc(-c6ccc7c(c6)c6ccccc6n7-c6ccccc6)ccc54)c3C12. The van der Waals surface area contributed by atoms with Crippen molar-refractivity contribution in [2.24, 2.45) is 0 Å². The lowest BCUT2D eigenvalue weighted by Crippen LogP contribution is -2.32. The zero-order valence-corrected chi connectivity index (χ0v) is 28.0. The van der Waals surface area contributed by atoms with Gasteiger partial charge in [0.05, 0.1) is 33.7 Å². The molecule has 0 saturated carbocycles. The molecule has 52 heavy (non-hydrogen) atoms. The molecule has 0 spiro atoms. The van der Waals surface area contributed by atoms with Crippen molar-refractivity contribution < 1.29 is 9.15 Å². The van der Waals surface area contributed by atoms with Crippen molar-refractivity contribution >= 4 is 66.7 Å². The van der Waals surface area contributed by atoms with Gasteiger partial charge in [-0.2, -0.15) is 0 Å². The Kier molecular flexibility index (Phi) is 5.58. The van der Waals surface area contributed by atoms with Gasteiger partial charge in [-0.1, -0.05) is 91.0 Å². The lowest BCUT2D eigenvalue weighted by molar-refractivity contribution is 0.287. The van der Waals surface area contributed by atoms with Crippen LogP contribution >= 0.6 is 0 Å². The fraction of sp³-hybridized carbons (Fsp3) is 0.0417. The highest BCUT2D eigenvalue weighted by atomic mass is 16.5. The van der Waals surface area contributed by atoms with E-state index in [1.807, 2.05) is 12.1 Å². The van der Waals surface area contributed by atoms with E-state index in [0.29, 0.717) is 0 Å². The van der Waals surface area contributed by atoms with E-state index in [9.17, 15) is 0 Å². The van der Waals surface area contributed by atoms with Crippen LogP contribution in [0.25, 0.3) is 89.2 Å². The maximum absolute atomic E-state index is 6.68. The van der Waals surface area contributed by atoms with Gasteiger partial charge in [0.1, 0.15) is 22.9 Å². The molecule has 4 nitrogen and oxygen atoms in total. The first-order valence-electron chi connectivity index (χ1n) is 17.9. The topological polar surface area (TPSA) is 32.2 Å². The Morgan fingerprint density at radius 2 is 1.08 bits per heavy atom. The minimum Gasteiger partial charge on any atom is -0.485 e. The highest BCUT2D eigenvalue weighted by Gasteiger charge is 2.37. The molecule has 0 N–H and O–H groups in total. The van der Waals surface area contributed by atoms with Crippen molar-refractivity contribution in [2.45, 2.75) is 12.0 Å². The van der Waals surface area contributed by atoms with E-state index in [1.54, 1.807) is 0 Å². The Labute approximate surface area is 298 Å². The van der Waals surface area contributed by atoms with Crippen molar-refractivity contribution in [1.29, 1.82) is 0 Å². The Balaban J connectivity index is 1.04. The van der Waals surface area contributed by atoms with E-state index in [0.717, 1.165) is 33.0 Å². The monoisotopic (exact) mass is 666 g/mol. The van der Waals surface area contributed by atoms with E-state index in [-0.39, 0.29) is 12.0 Å². The van der Waals surface area contributed by atoms with E-state index < -0.39 is 0 Å². The first kappa shape index (κ1) is 28.0. The quantitative estimate of drug-likeness (QED) is 0.188. The average Bonchev–Trinajstić information content (AvgIpc) is 3.94. The van der Waals surface area contributed by atoms with Crippen LogP contribution in [0.4, 0.5) is 0 Å². The fourth-order valence-electron chi connectivity index (χ4n) is 8.99. The summed E-state index contributed by atoms with van der Waals surface area (Å²) in [7, 11) is 0. The predicted molar refractivity (Wildman–Crippen MR) is 212 cm³/mol. The number of rotatable bonds is 3. The maximum atomic E-state index is 6.68. The first-order valence-corrected chi connectivity index (χ1v) is 17.9. The molecule has 0 fully saturated rings. The summed E-state index contributed by atoms with van der Waals surface area (Å²) in [6, 6.07) is 56.7. The van der Waals surface area contributed by atoms with Gasteiger partial charge in [-0.3, -0.25) is 0 Å². The summed E-state index contributed by atoms with van der Waals surface area (Å²) in [5.41, 5.74) is 12.5. The van der Waals surface area contributed by atoms with Crippen LogP contribution in [-0.2, 0) is 0 Å². The molecule has 10 aromatic rings. The van der Waals surface area contributed by atoms with Crippen molar-refractivity contribution in [3.05, 3.63) is 174 Å². The van der Waals surface area contributed by atoms with Crippen LogP contribution in [0.3, 0.4) is 0 Å². The highest BCUT2D eigenvalue weighted by Crippen LogP contribution is 2.46. The van der Waals surface area contributed by atoms with Crippen LogP contribution in [-0.4, -0.2) is 15.2 Å². The molecular formula is C48H30N2O2. The lowest BCUT2D eigenvalue weighted by Gasteiger charge is -2.17. The minimum atomic E-state index is -0.0906. The standard InChI is InChI=1S/C48H30N2O2/c1-2-11-31(12-3-1)49-39-16-7-4-13-32(39)35-25-29(21-23-41(35)49)30-22-24-42-36(26-30)33-14-5-8-17-40(33)50(42)43-18-10-20-45-48(43)38-28-46-37(27-47(38)52-45)34-15-6-9-19-44(34)51-46/h1-28,38,47H. The van der Waals surface area contributed by atoms with Gasteiger partial charge in [-0.15, -0.1) is 0 Å². The molecule has 4 heterocycles. The summed E-state index contributed by atoms with van der Waals surface area (Å²) in [4.78, 5) is 0. The number of hydrogen-bond donors (Lipinski definition) is 0. The molecule has 12 rings (SSSR count). The third-order valence-corrected chi connectivity index (χ3v) is 11.3. The van der Waals surface area contributed by atoms with Gasteiger partial charge in [-0.05, 0) is 90.0 Å². The Morgan fingerprint density at radius 3 is 1.83 bits per heavy atom. The van der Waals surface area contributed by atoms with Crippen LogP contribution < -0.4 is 15.4 Å². The number of aromatic nitrogens is 2. The largest absolute Gasteiger partial charge is 0.485 e. The van der Waals surface area contributed by atoms with Crippen molar-refractivity contribution in [3.63, 3.8) is 0 Å². The normalized spacial score (nSPS) is 16.2.